The first-order chi connectivity index (χ1) is 29.4. The summed E-state index contributed by atoms with van der Waals surface area (Å²) in [7, 11) is 0. The van der Waals surface area contributed by atoms with Crippen LogP contribution in [0.15, 0.2) is 152 Å². The van der Waals surface area contributed by atoms with Gasteiger partial charge in [-0.15, -0.1) is 29.7 Å². The molecular formula is C55H36N4OPt-2. The zero-order valence-electron chi connectivity index (χ0n) is 33.6. The van der Waals surface area contributed by atoms with Crippen LogP contribution in [0.1, 0.15) is 71.6 Å². The van der Waals surface area contributed by atoms with Gasteiger partial charge in [0.2, 0.25) is 0 Å². The average molecular weight is 964 g/mol. The van der Waals surface area contributed by atoms with E-state index in [2.05, 4.69) is 180 Å². The Hall–Kier alpha value is -6.55. The summed E-state index contributed by atoms with van der Waals surface area (Å²) in [5.41, 5.74) is 18.7. The number of hydrogen-bond acceptors (Lipinski definition) is 2. The first-order valence-corrected chi connectivity index (χ1v) is 20.9. The van der Waals surface area contributed by atoms with Crippen molar-refractivity contribution in [2.24, 2.45) is 0 Å². The van der Waals surface area contributed by atoms with Crippen molar-refractivity contribution in [3.05, 3.63) is 209 Å². The van der Waals surface area contributed by atoms with Crippen molar-refractivity contribution >= 4 is 32.8 Å². The Balaban J connectivity index is 0.00000381. The second kappa shape index (κ2) is 12.1. The molecule has 3 aliphatic carbocycles. The number of imidazole rings is 1. The Morgan fingerprint density at radius 3 is 2.38 bits per heavy atom. The molecule has 10 aromatic rings. The largest absolute Gasteiger partial charge is 0.510 e. The Morgan fingerprint density at radius 1 is 0.656 bits per heavy atom. The van der Waals surface area contributed by atoms with E-state index in [1.807, 2.05) is 24.4 Å². The van der Waals surface area contributed by atoms with Crippen LogP contribution in [0.2, 0.25) is 0 Å². The summed E-state index contributed by atoms with van der Waals surface area (Å²) >= 11 is 0. The molecule has 7 aromatic carbocycles. The molecule has 0 amide bonds. The van der Waals surface area contributed by atoms with Gasteiger partial charge in [-0.25, -0.2) is 4.98 Å². The van der Waals surface area contributed by atoms with E-state index >= 15 is 0 Å². The fourth-order valence-electron chi connectivity index (χ4n) is 11.5. The van der Waals surface area contributed by atoms with Crippen molar-refractivity contribution in [1.29, 1.82) is 0 Å². The molecule has 0 fully saturated rings. The van der Waals surface area contributed by atoms with Gasteiger partial charge in [0, 0.05) is 61.5 Å². The summed E-state index contributed by atoms with van der Waals surface area (Å²) in [5.74, 6) is 2.82. The molecule has 3 unspecified atom stereocenters. The smallest absolute Gasteiger partial charge is 0.268 e. The number of ether oxygens (including phenoxy) is 1. The second-order valence-electron chi connectivity index (χ2n) is 18.0. The predicted octanol–water partition coefficient (Wildman–Crippen LogP) is 11.8. The number of nitrogens with zero attached hydrogens (tertiary/aromatic N) is 4. The van der Waals surface area contributed by atoms with Crippen molar-refractivity contribution in [2.45, 2.75) is 43.4 Å². The molecule has 14 rings (SSSR count). The molecule has 1 spiro atoms. The first-order valence-electron chi connectivity index (χ1n) is 20.9. The number of rotatable bonds is 4. The monoisotopic (exact) mass is 963 g/mol. The quantitative estimate of drug-likeness (QED) is 0.130. The third kappa shape index (κ3) is 4.44. The summed E-state index contributed by atoms with van der Waals surface area (Å²) in [6.45, 7) is 6.69. The maximum atomic E-state index is 6.64. The Bertz CT molecular complexity index is 3550. The zero-order chi connectivity index (χ0) is 39.6. The zero-order valence-corrected chi connectivity index (χ0v) is 35.9. The van der Waals surface area contributed by atoms with Crippen molar-refractivity contribution in [1.82, 2.24) is 14.1 Å². The maximum Gasteiger partial charge on any atom is 0.268 e. The summed E-state index contributed by atoms with van der Waals surface area (Å²) in [6, 6.07) is 60.3. The SMILES string of the molecule is CC(C)(C)c1ccnc(-n2c3[c-]c(Oc4[c-]c(-n5[c-][n+]6c7c(cccc75)-c5ccc7c(c5)C5c8cc-6ccc8C6c8ccccc8C765)ccc4)ccc3c3ccccc32)c1.[Pt]. The van der Waals surface area contributed by atoms with E-state index in [-0.39, 0.29) is 31.9 Å². The normalized spacial score (nSPS) is 18.3. The topological polar surface area (TPSA) is 35.9 Å². The first kappa shape index (κ1) is 35.2. The molecule has 0 saturated carbocycles. The van der Waals surface area contributed by atoms with Crippen LogP contribution in [0.5, 0.6) is 11.5 Å². The molecule has 4 aliphatic rings. The molecule has 0 saturated heterocycles. The molecule has 1 aliphatic heterocycles. The van der Waals surface area contributed by atoms with E-state index in [0.717, 1.165) is 50.0 Å². The number of pyridine rings is 1. The van der Waals surface area contributed by atoms with Gasteiger partial charge in [0.1, 0.15) is 5.82 Å². The van der Waals surface area contributed by atoms with Gasteiger partial charge >= 0.3 is 0 Å². The van der Waals surface area contributed by atoms with Gasteiger partial charge in [0.25, 0.3) is 6.33 Å². The average Bonchev–Trinajstić information content (AvgIpc) is 3.87. The van der Waals surface area contributed by atoms with Gasteiger partial charge in [-0.1, -0.05) is 111 Å². The van der Waals surface area contributed by atoms with Crippen LogP contribution < -0.4 is 9.30 Å². The molecule has 61 heavy (non-hydrogen) atoms. The van der Waals surface area contributed by atoms with E-state index in [1.165, 1.54) is 50.1 Å². The minimum Gasteiger partial charge on any atom is -0.510 e. The second-order valence-corrected chi connectivity index (χ2v) is 18.0. The van der Waals surface area contributed by atoms with E-state index in [9.17, 15) is 0 Å². The van der Waals surface area contributed by atoms with E-state index in [0.29, 0.717) is 23.3 Å². The van der Waals surface area contributed by atoms with Crippen molar-refractivity contribution in [3.8, 4) is 39.8 Å². The number of benzene rings is 7. The van der Waals surface area contributed by atoms with E-state index in [1.54, 1.807) is 0 Å². The van der Waals surface area contributed by atoms with Crippen LogP contribution in [-0.4, -0.2) is 14.1 Å². The number of fused-ring (bicyclic) bond motifs is 10. The minimum absolute atomic E-state index is 0. The molecule has 3 aromatic heterocycles. The number of para-hydroxylation sites is 2. The van der Waals surface area contributed by atoms with Crippen molar-refractivity contribution in [2.75, 3.05) is 0 Å². The summed E-state index contributed by atoms with van der Waals surface area (Å²) < 4.78 is 13.2. The molecule has 294 valence electrons. The van der Waals surface area contributed by atoms with Crippen LogP contribution in [0, 0.1) is 18.5 Å². The summed E-state index contributed by atoms with van der Waals surface area (Å²) in [4.78, 5) is 4.85. The van der Waals surface area contributed by atoms with Gasteiger partial charge < -0.3 is 13.9 Å². The standard InChI is InChI=1S/C55H36N4O.Pt/c1-54(2,3)33-24-25-56-50(27-33)59-47-16-7-5-12-39(47)40-22-20-37(30-49(40)59)60-36-11-8-10-34(28-36)57-31-58-35-19-21-41-43(29-35)52-44-26-32(38-14-9-17-48(57)53(38)58)18-23-46(44)55(52)45-15-6-4-13-42(45)51(41)55;/h4-27,29,51-52H,1-3H3;/q-2;. The minimum atomic E-state index is -0.0172. The molecule has 4 bridgehead atoms. The van der Waals surface area contributed by atoms with Crippen LogP contribution in [0.3, 0.4) is 0 Å². The van der Waals surface area contributed by atoms with Crippen LogP contribution >= 0.6 is 0 Å². The third-order valence-corrected chi connectivity index (χ3v) is 14.0. The Labute approximate surface area is 367 Å². The molecule has 0 N–H and O–H groups in total. The van der Waals surface area contributed by atoms with Crippen LogP contribution in [0.4, 0.5) is 0 Å². The maximum absolute atomic E-state index is 6.64. The van der Waals surface area contributed by atoms with Gasteiger partial charge in [-0.3, -0.25) is 4.57 Å². The van der Waals surface area contributed by atoms with Crippen molar-refractivity contribution in [3.63, 3.8) is 0 Å². The van der Waals surface area contributed by atoms with Gasteiger partial charge in [-0.2, -0.15) is 18.2 Å². The number of hydrogen-bond donors (Lipinski definition) is 0. The van der Waals surface area contributed by atoms with Crippen LogP contribution in [0.25, 0.3) is 61.2 Å². The van der Waals surface area contributed by atoms with E-state index < -0.39 is 0 Å². The fraction of sp³-hybridized carbons (Fsp3) is 0.127. The molecule has 5 nitrogen and oxygen atoms in total. The molecular weight excluding hydrogens is 928 g/mol. The molecule has 6 heteroatoms. The molecule has 4 heterocycles. The Morgan fingerprint density at radius 2 is 1.46 bits per heavy atom. The van der Waals surface area contributed by atoms with Gasteiger partial charge in [0.15, 0.2) is 0 Å². The van der Waals surface area contributed by atoms with Gasteiger partial charge in [0.05, 0.1) is 16.7 Å². The summed E-state index contributed by atoms with van der Waals surface area (Å²) in [5, 5.41) is 2.24. The van der Waals surface area contributed by atoms with Crippen LogP contribution in [-0.2, 0) is 31.9 Å². The summed E-state index contributed by atoms with van der Waals surface area (Å²) in [6.07, 6.45) is 5.70. The molecule has 0 radical (unpaired) electrons. The van der Waals surface area contributed by atoms with Crippen molar-refractivity contribution < 1.29 is 30.4 Å². The number of aromatic nitrogens is 4. The van der Waals surface area contributed by atoms with Gasteiger partial charge in [-0.05, 0) is 96.9 Å². The molecule has 3 atom stereocenters. The third-order valence-electron chi connectivity index (χ3n) is 14.0. The van der Waals surface area contributed by atoms with E-state index in [4.69, 9.17) is 9.72 Å². The predicted molar refractivity (Wildman–Crippen MR) is 235 cm³/mol. The Kier molecular flexibility index (Phi) is 6.96. The fourth-order valence-corrected chi connectivity index (χ4v) is 11.5.